The van der Waals surface area contributed by atoms with Gasteiger partial charge in [0.15, 0.2) is 11.0 Å². The third kappa shape index (κ3) is 5.58. The summed E-state index contributed by atoms with van der Waals surface area (Å²) < 4.78 is 7.53. The van der Waals surface area contributed by atoms with E-state index in [2.05, 4.69) is 29.4 Å². The molecule has 1 aliphatic carbocycles. The molecule has 1 amide bonds. The zero-order chi connectivity index (χ0) is 24.1. The largest absolute Gasteiger partial charge is 0.494 e. The lowest BCUT2D eigenvalue weighted by atomic mass is 9.78. The van der Waals surface area contributed by atoms with Gasteiger partial charge in [-0.3, -0.25) is 9.36 Å². The van der Waals surface area contributed by atoms with E-state index in [0.29, 0.717) is 34.4 Å². The van der Waals surface area contributed by atoms with Gasteiger partial charge in [0.25, 0.3) is 0 Å². The van der Waals surface area contributed by atoms with Gasteiger partial charge >= 0.3 is 0 Å². The molecule has 6 nitrogen and oxygen atoms in total. The van der Waals surface area contributed by atoms with E-state index >= 15 is 0 Å². The van der Waals surface area contributed by atoms with Gasteiger partial charge in [0.1, 0.15) is 5.75 Å². The van der Waals surface area contributed by atoms with Crippen LogP contribution in [-0.4, -0.2) is 39.1 Å². The average molecular weight is 499 g/mol. The Bertz CT molecular complexity index is 1120. The van der Waals surface area contributed by atoms with Crippen LogP contribution in [0.5, 0.6) is 5.75 Å². The van der Waals surface area contributed by atoms with Gasteiger partial charge in [0.2, 0.25) is 5.91 Å². The van der Waals surface area contributed by atoms with E-state index in [-0.39, 0.29) is 17.7 Å². The zero-order valence-electron chi connectivity index (χ0n) is 19.8. The van der Waals surface area contributed by atoms with E-state index in [1.165, 1.54) is 18.2 Å². The Hall–Kier alpha value is -2.51. The van der Waals surface area contributed by atoms with E-state index in [4.69, 9.17) is 16.3 Å². The van der Waals surface area contributed by atoms with Gasteiger partial charge in [0.05, 0.1) is 17.4 Å². The van der Waals surface area contributed by atoms with E-state index in [0.717, 1.165) is 29.8 Å². The van der Waals surface area contributed by atoms with Crippen molar-refractivity contribution in [1.82, 2.24) is 20.1 Å². The molecule has 0 saturated heterocycles. The number of carbonyl (C=O) groups excluding carboxylic acids is 1. The van der Waals surface area contributed by atoms with Gasteiger partial charge in [-0.2, -0.15) is 0 Å². The molecule has 1 fully saturated rings. The molecular formula is C26H31ClN4O2S. The van der Waals surface area contributed by atoms with E-state index in [9.17, 15) is 4.79 Å². The van der Waals surface area contributed by atoms with Gasteiger partial charge < -0.3 is 10.1 Å². The Kier molecular flexibility index (Phi) is 8.16. The maximum absolute atomic E-state index is 12.8. The molecule has 1 saturated carbocycles. The lowest BCUT2D eigenvalue weighted by Gasteiger charge is -2.34. The van der Waals surface area contributed by atoms with Gasteiger partial charge in [-0.05, 0) is 61.6 Å². The molecule has 1 aliphatic rings. The second-order valence-electron chi connectivity index (χ2n) is 8.78. The second kappa shape index (κ2) is 11.3. The van der Waals surface area contributed by atoms with Crippen LogP contribution in [0.2, 0.25) is 5.02 Å². The number of rotatable bonds is 8. The van der Waals surface area contributed by atoms with E-state index in [1.54, 1.807) is 0 Å². The summed E-state index contributed by atoms with van der Waals surface area (Å²) in [7, 11) is 0. The minimum atomic E-state index is 0.0245. The fourth-order valence-electron chi connectivity index (χ4n) is 4.44. The van der Waals surface area contributed by atoms with Gasteiger partial charge in [-0.15, -0.1) is 10.2 Å². The molecule has 0 spiro atoms. The van der Waals surface area contributed by atoms with Crippen molar-refractivity contribution in [3.8, 4) is 22.8 Å². The number of benzene rings is 2. The molecule has 1 N–H and O–H groups in total. The molecule has 1 heterocycles. The molecule has 0 unspecified atom stereocenters. The van der Waals surface area contributed by atoms with Gasteiger partial charge in [0, 0.05) is 17.3 Å². The number of thioether (sulfide) groups is 1. The maximum atomic E-state index is 12.8. The Morgan fingerprint density at radius 2 is 1.91 bits per heavy atom. The monoisotopic (exact) mass is 498 g/mol. The van der Waals surface area contributed by atoms with Crippen LogP contribution >= 0.6 is 23.4 Å². The minimum absolute atomic E-state index is 0.0245. The van der Waals surface area contributed by atoms with E-state index < -0.39 is 0 Å². The van der Waals surface area contributed by atoms with Crippen molar-refractivity contribution in [2.45, 2.75) is 51.2 Å². The first-order chi connectivity index (χ1) is 16.5. The fourth-order valence-corrected chi connectivity index (χ4v) is 5.42. The highest BCUT2D eigenvalue weighted by Gasteiger charge is 2.28. The number of nitrogens with one attached hydrogen (secondary N) is 1. The van der Waals surface area contributed by atoms with Crippen molar-refractivity contribution in [2.75, 3.05) is 12.4 Å². The Labute approximate surface area is 210 Å². The van der Waals surface area contributed by atoms with E-state index in [1.807, 2.05) is 60.0 Å². The smallest absolute Gasteiger partial charge is 0.230 e. The summed E-state index contributed by atoms with van der Waals surface area (Å²) in [5, 5.41) is 13.3. The van der Waals surface area contributed by atoms with Gasteiger partial charge in [-0.1, -0.05) is 62.2 Å². The number of amides is 1. The first-order valence-corrected chi connectivity index (χ1v) is 13.2. The standard InChI is InChI=1S/C26H31ClN4O2S/c1-4-33-20-14-12-19(13-15-20)31-25(21-9-5-6-10-22(21)27)29-30-26(31)34-16-24(32)28-23-11-7-8-17(2)18(23)3/h5-6,9-10,12-15,17-18,23H,4,7-8,11,16H2,1-3H3,(H,28,32)/t17-,18-,23-/m0/s1. The molecule has 34 heavy (non-hydrogen) atoms. The lowest BCUT2D eigenvalue weighted by molar-refractivity contribution is -0.120. The highest BCUT2D eigenvalue weighted by Crippen LogP contribution is 2.33. The van der Waals surface area contributed by atoms with Crippen LogP contribution in [0.15, 0.2) is 53.7 Å². The van der Waals surface area contributed by atoms with Crippen LogP contribution in [-0.2, 0) is 4.79 Å². The molecule has 0 aliphatic heterocycles. The molecular weight excluding hydrogens is 468 g/mol. The average Bonchev–Trinajstić information content (AvgIpc) is 3.25. The Morgan fingerprint density at radius 3 is 2.65 bits per heavy atom. The Balaban J connectivity index is 1.57. The van der Waals surface area contributed by atoms with Crippen molar-refractivity contribution >= 4 is 29.3 Å². The first kappa shape index (κ1) is 24.6. The summed E-state index contributed by atoms with van der Waals surface area (Å²) in [6, 6.07) is 15.6. The third-order valence-corrected chi connectivity index (χ3v) is 7.80. The first-order valence-electron chi connectivity index (χ1n) is 11.8. The predicted molar refractivity (Wildman–Crippen MR) is 138 cm³/mol. The Morgan fingerprint density at radius 1 is 1.15 bits per heavy atom. The van der Waals surface area contributed by atoms with Crippen LogP contribution in [0.4, 0.5) is 0 Å². The van der Waals surface area contributed by atoms with Crippen molar-refractivity contribution in [2.24, 2.45) is 11.8 Å². The van der Waals surface area contributed by atoms with Crippen molar-refractivity contribution < 1.29 is 9.53 Å². The van der Waals surface area contributed by atoms with Crippen LogP contribution in [0.25, 0.3) is 17.1 Å². The SMILES string of the molecule is CCOc1ccc(-n2c(SCC(=O)N[C@H]3CCC[C@H](C)[C@@H]3C)nnc2-c2ccccc2Cl)cc1. The number of aromatic nitrogens is 3. The van der Waals surface area contributed by atoms with Crippen LogP contribution in [0, 0.1) is 11.8 Å². The summed E-state index contributed by atoms with van der Waals surface area (Å²) in [4.78, 5) is 12.8. The molecule has 3 atom stereocenters. The lowest BCUT2D eigenvalue weighted by Crippen LogP contribution is -2.44. The predicted octanol–water partition coefficient (Wildman–Crippen LogP) is 6.02. The summed E-state index contributed by atoms with van der Waals surface area (Å²) in [6.07, 6.45) is 3.44. The van der Waals surface area contributed by atoms with Crippen molar-refractivity contribution in [3.63, 3.8) is 0 Å². The topological polar surface area (TPSA) is 69.0 Å². The van der Waals surface area contributed by atoms with Gasteiger partial charge in [-0.25, -0.2) is 0 Å². The fraction of sp³-hybridized carbons (Fsp3) is 0.423. The summed E-state index contributed by atoms with van der Waals surface area (Å²) >= 11 is 7.86. The van der Waals surface area contributed by atoms with Crippen LogP contribution in [0.1, 0.15) is 40.0 Å². The number of carbonyl (C=O) groups is 1. The maximum Gasteiger partial charge on any atom is 0.230 e. The molecule has 0 bridgehead atoms. The molecule has 8 heteroatoms. The quantitative estimate of drug-likeness (QED) is 0.384. The minimum Gasteiger partial charge on any atom is -0.494 e. The summed E-state index contributed by atoms with van der Waals surface area (Å²) in [6.45, 7) is 7.07. The van der Waals surface area contributed by atoms with Crippen molar-refractivity contribution in [3.05, 3.63) is 53.6 Å². The summed E-state index contributed by atoms with van der Waals surface area (Å²) in [5.74, 6) is 2.84. The highest BCUT2D eigenvalue weighted by atomic mass is 35.5. The summed E-state index contributed by atoms with van der Waals surface area (Å²) in [5.41, 5.74) is 1.66. The molecule has 1 aromatic heterocycles. The normalized spacial score (nSPS) is 20.2. The molecule has 4 rings (SSSR count). The molecule has 2 aromatic carbocycles. The second-order valence-corrected chi connectivity index (χ2v) is 10.1. The number of ether oxygens (including phenoxy) is 1. The van der Waals surface area contributed by atoms with Crippen LogP contribution in [0.3, 0.4) is 0 Å². The number of halogens is 1. The molecule has 180 valence electrons. The molecule has 0 radical (unpaired) electrons. The third-order valence-electron chi connectivity index (χ3n) is 6.54. The van der Waals surface area contributed by atoms with Crippen molar-refractivity contribution in [1.29, 1.82) is 0 Å². The number of nitrogens with zero attached hydrogens (tertiary/aromatic N) is 3. The number of hydrogen-bond donors (Lipinski definition) is 1. The zero-order valence-corrected chi connectivity index (χ0v) is 21.4. The molecule has 3 aromatic rings. The highest BCUT2D eigenvalue weighted by molar-refractivity contribution is 7.99. The number of hydrogen-bond acceptors (Lipinski definition) is 5. The van der Waals surface area contributed by atoms with Crippen LogP contribution < -0.4 is 10.1 Å².